The van der Waals surface area contributed by atoms with Gasteiger partial charge in [-0.1, -0.05) is 18.2 Å². The van der Waals surface area contributed by atoms with Crippen LogP contribution < -0.4 is 16.0 Å². The predicted molar refractivity (Wildman–Crippen MR) is 89.4 cm³/mol. The van der Waals surface area contributed by atoms with Gasteiger partial charge < -0.3 is 15.6 Å². The van der Waals surface area contributed by atoms with Crippen molar-refractivity contribution < 1.29 is 14.4 Å². The number of hydrogen-bond acceptors (Lipinski definition) is 3. The van der Waals surface area contributed by atoms with Gasteiger partial charge in [-0.2, -0.15) is 0 Å². The van der Waals surface area contributed by atoms with Gasteiger partial charge in [-0.15, -0.1) is 0 Å². The molecule has 2 heterocycles. The van der Waals surface area contributed by atoms with Crippen molar-refractivity contribution in [2.24, 2.45) is 0 Å². The lowest BCUT2D eigenvalue weighted by molar-refractivity contribution is -0.123. The van der Waals surface area contributed by atoms with Gasteiger partial charge in [0.15, 0.2) is 0 Å². The van der Waals surface area contributed by atoms with E-state index in [1.807, 2.05) is 12.3 Å². The van der Waals surface area contributed by atoms with E-state index in [2.05, 4.69) is 40.0 Å². The first kappa shape index (κ1) is 16.0. The molecule has 0 saturated carbocycles. The Morgan fingerprint density at radius 1 is 1.33 bits per heavy atom. The van der Waals surface area contributed by atoms with Gasteiger partial charge in [0.25, 0.3) is 0 Å². The molecule has 1 aromatic heterocycles. The number of aryl methyl sites for hydroxylation is 1. The molecular formula is C17H20N4O3. The number of rotatable bonds is 4. The summed E-state index contributed by atoms with van der Waals surface area (Å²) in [5.74, 6) is -0.632. The van der Waals surface area contributed by atoms with Crippen molar-refractivity contribution >= 4 is 28.7 Å². The van der Waals surface area contributed by atoms with Crippen molar-refractivity contribution in [3.8, 4) is 0 Å². The van der Waals surface area contributed by atoms with Crippen LogP contribution in [0, 0.1) is 6.92 Å². The highest BCUT2D eigenvalue weighted by molar-refractivity contribution is 5.98. The Morgan fingerprint density at radius 3 is 3.00 bits per heavy atom. The van der Waals surface area contributed by atoms with Gasteiger partial charge in [-0.3, -0.25) is 14.9 Å². The van der Waals surface area contributed by atoms with Crippen LogP contribution in [0.4, 0.5) is 4.79 Å². The van der Waals surface area contributed by atoms with E-state index in [1.165, 1.54) is 5.56 Å². The number of aromatic nitrogens is 1. The zero-order chi connectivity index (χ0) is 17.1. The van der Waals surface area contributed by atoms with Crippen LogP contribution in [0.15, 0.2) is 24.4 Å². The lowest BCUT2D eigenvalue weighted by atomic mass is 10.1. The summed E-state index contributed by atoms with van der Waals surface area (Å²) in [6, 6.07) is 4.82. The number of amides is 4. The zero-order valence-electron chi connectivity index (χ0n) is 13.4. The zero-order valence-corrected chi connectivity index (χ0v) is 13.4. The molecule has 0 radical (unpaired) electrons. The van der Waals surface area contributed by atoms with E-state index < -0.39 is 12.1 Å². The third-order valence-corrected chi connectivity index (χ3v) is 4.24. The van der Waals surface area contributed by atoms with Crippen molar-refractivity contribution in [1.82, 2.24) is 20.9 Å². The number of imide groups is 1. The first-order valence-electron chi connectivity index (χ1n) is 7.98. The van der Waals surface area contributed by atoms with Crippen LogP contribution in [0.25, 0.3) is 10.9 Å². The Hall–Kier alpha value is -2.83. The first-order valence-corrected chi connectivity index (χ1v) is 7.98. The van der Waals surface area contributed by atoms with Crippen molar-refractivity contribution in [2.45, 2.75) is 32.2 Å². The average molecular weight is 328 g/mol. The molecule has 24 heavy (non-hydrogen) atoms. The molecule has 2 aromatic rings. The maximum atomic E-state index is 12.2. The molecule has 7 nitrogen and oxygen atoms in total. The minimum Gasteiger partial charge on any atom is -0.361 e. The molecule has 0 bridgehead atoms. The van der Waals surface area contributed by atoms with Crippen LogP contribution in [-0.2, 0) is 16.0 Å². The summed E-state index contributed by atoms with van der Waals surface area (Å²) >= 11 is 0. The van der Waals surface area contributed by atoms with Gasteiger partial charge in [0, 0.05) is 30.1 Å². The number of carbonyl (C=O) groups is 3. The van der Waals surface area contributed by atoms with Gasteiger partial charge in [-0.25, -0.2) is 4.79 Å². The topological polar surface area (TPSA) is 103 Å². The highest BCUT2D eigenvalue weighted by Crippen LogP contribution is 2.21. The fraction of sp³-hybridized carbons (Fsp3) is 0.353. The molecule has 4 N–H and O–H groups in total. The minimum atomic E-state index is -0.679. The Morgan fingerprint density at radius 2 is 2.17 bits per heavy atom. The third-order valence-electron chi connectivity index (χ3n) is 4.24. The van der Waals surface area contributed by atoms with E-state index in [1.54, 1.807) is 0 Å². The Bertz CT molecular complexity index is 796. The SMILES string of the molecule is Cc1cccc2c(CCNC(=O)[C@@H]3CCC(=O)NC(=O)N3)c[nH]c12. The molecule has 1 saturated heterocycles. The molecule has 1 aliphatic rings. The van der Waals surface area contributed by atoms with E-state index in [0.29, 0.717) is 19.4 Å². The number of urea groups is 1. The molecule has 0 spiro atoms. The molecule has 1 aliphatic heterocycles. The Kier molecular flexibility index (Phi) is 4.50. The number of fused-ring (bicyclic) bond motifs is 1. The summed E-state index contributed by atoms with van der Waals surface area (Å²) in [7, 11) is 0. The van der Waals surface area contributed by atoms with Gasteiger partial charge >= 0.3 is 6.03 Å². The molecule has 1 atom stereocenters. The maximum absolute atomic E-state index is 12.2. The van der Waals surface area contributed by atoms with E-state index in [0.717, 1.165) is 16.5 Å². The predicted octanol–water partition coefficient (Wildman–Crippen LogP) is 1.12. The van der Waals surface area contributed by atoms with Crippen LogP contribution in [0.2, 0.25) is 0 Å². The second kappa shape index (κ2) is 6.74. The number of para-hydroxylation sites is 1. The average Bonchev–Trinajstić information content (AvgIpc) is 2.87. The van der Waals surface area contributed by atoms with E-state index in [9.17, 15) is 14.4 Å². The number of benzene rings is 1. The van der Waals surface area contributed by atoms with E-state index in [4.69, 9.17) is 0 Å². The molecule has 7 heteroatoms. The molecule has 0 aliphatic carbocycles. The number of aromatic amines is 1. The number of H-pyrrole nitrogens is 1. The molecule has 3 rings (SSSR count). The highest BCUT2D eigenvalue weighted by atomic mass is 16.2. The van der Waals surface area contributed by atoms with E-state index >= 15 is 0 Å². The monoisotopic (exact) mass is 328 g/mol. The smallest absolute Gasteiger partial charge is 0.322 e. The molecular weight excluding hydrogens is 308 g/mol. The third kappa shape index (κ3) is 3.40. The summed E-state index contributed by atoms with van der Waals surface area (Å²) in [4.78, 5) is 38.1. The second-order valence-electron chi connectivity index (χ2n) is 5.97. The second-order valence-corrected chi connectivity index (χ2v) is 5.97. The molecule has 0 unspecified atom stereocenters. The summed E-state index contributed by atoms with van der Waals surface area (Å²) in [5, 5.41) is 8.64. The van der Waals surface area contributed by atoms with Crippen molar-refractivity contribution in [3.05, 3.63) is 35.5 Å². The summed E-state index contributed by atoms with van der Waals surface area (Å²) < 4.78 is 0. The molecule has 1 aromatic carbocycles. The van der Waals surface area contributed by atoms with Crippen molar-refractivity contribution in [3.63, 3.8) is 0 Å². The fourth-order valence-corrected chi connectivity index (χ4v) is 2.94. The van der Waals surface area contributed by atoms with Crippen LogP contribution in [0.3, 0.4) is 0 Å². The largest absolute Gasteiger partial charge is 0.361 e. The summed E-state index contributed by atoms with van der Waals surface area (Å²) in [5.41, 5.74) is 3.43. The van der Waals surface area contributed by atoms with Crippen LogP contribution in [-0.4, -0.2) is 35.4 Å². The van der Waals surface area contributed by atoms with Crippen LogP contribution in [0.1, 0.15) is 24.0 Å². The molecule has 1 fully saturated rings. The number of carbonyl (C=O) groups excluding carboxylic acids is 3. The standard InChI is InChI=1S/C17H20N4O3/c1-10-3-2-4-12-11(9-19-15(10)12)7-8-18-16(23)13-5-6-14(22)21-17(24)20-13/h2-4,9,13,19H,5-8H2,1H3,(H,18,23)(H2,20,21,22,24)/t13-/m0/s1. The molecule has 126 valence electrons. The quantitative estimate of drug-likeness (QED) is 0.676. The van der Waals surface area contributed by atoms with Crippen LogP contribution in [0.5, 0.6) is 0 Å². The first-order chi connectivity index (χ1) is 11.5. The minimum absolute atomic E-state index is 0.151. The lowest BCUT2D eigenvalue weighted by Crippen LogP contribution is -2.48. The van der Waals surface area contributed by atoms with E-state index in [-0.39, 0.29) is 18.2 Å². The number of nitrogens with one attached hydrogen (secondary N) is 4. The van der Waals surface area contributed by atoms with Gasteiger partial charge in [0.2, 0.25) is 11.8 Å². The fourth-order valence-electron chi connectivity index (χ4n) is 2.94. The Balaban J connectivity index is 1.57. The lowest BCUT2D eigenvalue weighted by Gasteiger charge is -2.14. The van der Waals surface area contributed by atoms with Gasteiger partial charge in [0.05, 0.1) is 0 Å². The van der Waals surface area contributed by atoms with Crippen molar-refractivity contribution in [1.29, 1.82) is 0 Å². The maximum Gasteiger partial charge on any atom is 0.322 e. The summed E-state index contributed by atoms with van der Waals surface area (Å²) in [6.07, 6.45) is 3.10. The Labute approximate surface area is 139 Å². The van der Waals surface area contributed by atoms with Crippen LogP contribution >= 0.6 is 0 Å². The van der Waals surface area contributed by atoms with Gasteiger partial charge in [-0.05, 0) is 30.9 Å². The summed E-state index contributed by atoms with van der Waals surface area (Å²) in [6.45, 7) is 2.52. The van der Waals surface area contributed by atoms with Crippen molar-refractivity contribution in [2.75, 3.05) is 6.54 Å². The van der Waals surface area contributed by atoms with Gasteiger partial charge in [0.1, 0.15) is 6.04 Å². The normalized spacial score (nSPS) is 18.0. The highest BCUT2D eigenvalue weighted by Gasteiger charge is 2.25. The molecule has 4 amide bonds. The number of hydrogen-bond donors (Lipinski definition) is 4.